The minimum atomic E-state index is -1.46. The molecule has 0 atom stereocenters. The van der Waals surface area contributed by atoms with Crippen LogP contribution >= 0.6 is 271 Å². The van der Waals surface area contributed by atoms with Crippen LogP contribution in [0, 0.1) is 0 Å². The van der Waals surface area contributed by atoms with Crippen LogP contribution in [0.4, 0.5) is 0 Å². The number of alkyl halides is 12. The molecule has 0 saturated heterocycles. The molecule has 0 saturated carbocycles. The van der Waals surface area contributed by atoms with Crippen molar-refractivity contribution in [1.82, 2.24) is 0 Å². The maximum Gasteiger partial charge on any atom is 0.149 e. The van der Waals surface area contributed by atoms with Crippen LogP contribution in [-0.4, -0.2) is 6.15 Å². The number of hydrogen-bond acceptors (Lipinski definition) is 0. The van der Waals surface area contributed by atoms with Crippen molar-refractivity contribution < 1.29 is 0 Å². The summed E-state index contributed by atoms with van der Waals surface area (Å²) in [5.41, 5.74) is 10.6. The molecule has 216 valence electrons. The zero-order valence-electron chi connectivity index (χ0n) is 20.4. The highest BCUT2D eigenvalue weighted by molar-refractivity contribution is 14.3. The van der Waals surface area contributed by atoms with Crippen molar-refractivity contribution in [3.63, 3.8) is 0 Å². The van der Waals surface area contributed by atoms with E-state index in [9.17, 15) is 0 Å². The third kappa shape index (κ3) is 9.94. The Morgan fingerprint density at radius 1 is 0.268 bits per heavy atom. The second-order valence-corrected chi connectivity index (χ2v) is 53.5. The predicted molar refractivity (Wildman–Crippen MR) is 285 cm³/mol. The number of benzene rings is 4. The van der Waals surface area contributed by atoms with Gasteiger partial charge in [0.25, 0.3) is 0 Å². The van der Waals surface area contributed by atoms with E-state index in [0.29, 0.717) is 0 Å². The molecule has 0 radical (unpaired) electrons. The van der Waals surface area contributed by atoms with Gasteiger partial charge in [-0.3, -0.25) is 0 Å². The first-order chi connectivity index (χ1) is 18.8. The van der Waals surface area contributed by atoms with Gasteiger partial charge in [-0.2, -0.15) is 21.9 Å². The first kappa shape index (κ1) is 39.5. The third-order valence-electron chi connectivity index (χ3n) is 6.95. The fraction of sp³-hybridized carbons (Fsp3) is 0.143. The van der Waals surface area contributed by atoms with Crippen LogP contribution < -0.4 is 21.9 Å². The average Bonchev–Trinajstić information content (AvgIpc) is 2.88. The first-order valence-corrected chi connectivity index (χ1v) is 24.7. The van der Waals surface area contributed by atoms with Crippen molar-refractivity contribution in [3.05, 3.63) is 119 Å². The van der Waals surface area contributed by atoms with Crippen LogP contribution in [0.3, 0.4) is 0 Å². The van der Waals surface area contributed by atoms with Crippen LogP contribution in [0.1, 0.15) is 22.3 Å². The van der Waals surface area contributed by atoms with Crippen molar-refractivity contribution >= 4 is 299 Å². The molecule has 13 heteroatoms. The lowest BCUT2D eigenvalue weighted by Crippen LogP contribution is -2.74. The lowest BCUT2D eigenvalue weighted by atomic mass is 9.13. The fourth-order valence-corrected chi connectivity index (χ4v) is 9.31. The van der Waals surface area contributed by atoms with Gasteiger partial charge < -0.3 is 0 Å². The van der Waals surface area contributed by atoms with Gasteiger partial charge in [-0.15, -0.1) is 0 Å². The Bertz CT molecular complexity index is 1240. The minimum Gasteiger partial charge on any atom is -0.195 e. The summed E-state index contributed by atoms with van der Waals surface area (Å²) in [7, 11) is 0. The van der Waals surface area contributed by atoms with Gasteiger partial charge in [0, 0.05) is 0 Å². The summed E-state index contributed by atoms with van der Waals surface area (Å²) in [6, 6.07) is 37.5. The summed E-state index contributed by atoms with van der Waals surface area (Å²) in [4.78, 5) is 0. The van der Waals surface area contributed by atoms with E-state index in [1.807, 2.05) is 0 Å². The lowest BCUT2D eigenvalue weighted by molar-refractivity contribution is 1.42. The Morgan fingerprint density at radius 2 is 0.415 bits per heavy atom. The van der Waals surface area contributed by atoms with Crippen molar-refractivity contribution in [1.29, 1.82) is 0 Å². The maximum absolute atomic E-state index is 2.51. The van der Waals surface area contributed by atoms with Crippen molar-refractivity contribution in [2.24, 2.45) is 0 Å². The largest absolute Gasteiger partial charge is 0.195 e. The molecular weight excluding hydrogens is 1870 g/mol. The quantitative estimate of drug-likeness (QED) is 0.0937. The highest BCUT2D eigenvalue weighted by Gasteiger charge is 2.34. The Morgan fingerprint density at radius 3 is 0.537 bits per heavy atom. The molecular formula is C28H16BI12-. The molecule has 0 unspecified atom stereocenters. The highest BCUT2D eigenvalue weighted by atomic mass is 127. The summed E-state index contributed by atoms with van der Waals surface area (Å²) in [5, 5.41) is 0. The topological polar surface area (TPSA) is 0 Å². The minimum absolute atomic E-state index is 0.00494. The van der Waals surface area contributed by atoms with Gasteiger partial charge in [-0.25, -0.2) is 0 Å². The monoisotopic (exact) mass is 1890 g/mol. The average molecular weight is 1890 g/mol. The van der Waals surface area contributed by atoms with E-state index in [4.69, 9.17) is 0 Å². The molecule has 41 heavy (non-hydrogen) atoms. The van der Waals surface area contributed by atoms with Crippen LogP contribution in [0.25, 0.3) is 0 Å². The van der Waals surface area contributed by atoms with Gasteiger partial charge in [-0.1, -0.05) is 97.1 Å². The van der Waals surface area contributed by atoms with Crippen molar-refractivity contribution in [2.45, 2.75) is -2.26 Å². The van der Waals surface area contributed by atoms with Gasteiger partial charge >= 0.3 is 0 Å². The van der Waals surface area contributed by atoms with Crippen molar-refractivity contribution in [2.75, 3.05) is 0 Å². The van der Waals surface area contributed by atoms with E-state index in [2.05, 4.69) is 368 Å². The molecule has 0 spiro atoms. The zero-order chi connectivity index (χ0) is 30.4. The molecule has 0 amide bonds. The second-order valence-electron chi connectivity index (χ2n) is 9.35. The Labute approximate surface area is 406 Å². The molecule has 4 aromatic rings. The summed E-state index contributed by atoms with van der Waals surface area (Å²) < 4.78 is 0.0198. The normalized spacial score (nSPS) is 13.4. The number of halogens is 12. The molecule has 0 fully saturated rings. The van der Waals surface area contributed by atoms with Crippen LogP contribution in [0.5, 0.6) is 0 Å². The van der Waals surface area contributed by atoms with Gasteiger partial charge in [0.1, 0.15) is 3.89 Å². The number of rotatable bonds is 8. The molecule has 4 rings (SSSR count). The van der Waals surface area contributed by atoms with Gasteiger partial charge in [0.2, 0.25) is 0 Å². The maximum atomic E-state index is 2.51. The number of hydrogen-bond donors (Lipinski definition) is 0. The molecule has 0 nitrogen and oxygen atoms in total. The van der Waals surface area contributed by atoms with E-state index in [1.54, 1.807) is 0 Å². The smallest absolute Gasteiger partial charge is 0.149 e. The molecule has 4 aromatic carbocycles. The molecule has 0 aromatic heterocycles. The zero-order valence-corrected chi connectivity index (χ0v) is 46.2. The lowest BCUT2D eigenvalue weighted by Gasteiger charge is -2.45. The van der Waals surface area contributed by atoms with Gasteiger partial charge in [-0.05, 0) is 293 Å². The summed E-state index contributed by atoms with van der Waals surface area (Å²) in [5.74, 6) is 0. The first-order valence-electron chi connectivity index (χ1n) is 11.7. The summed E-state index contributed by atoms with van der Waals surface area (Å²) in [6.07, 6.45) is -1.46. The molecule has 0 aliphatic heterocycles. The molecule has 0 heterocycles. The summed E-state index contributed by atoms with van der Waals surface area (Å²) in [6.45, 7) is 0. The third-order valence-corrected chi connectivity index (χ3v) is 14.4. The predicted octanol–water partition coefficient (Wildman–Crippen LogP) is 12.7. The fourth-order valence-electron chi connectivity index (χ4n) is 5.00. The van der Waals surface area contributed by atoms with E-state index in [1.165, 1.54) is 44.1 Å². The Balaban J connectivity index is 2.09. The molecule has 0 aliphatic rings. The summed E-state index contributed by atoms with van der Waals surface area (Å²) >= 11 is 30.2. The standard InChI is InChI=1S/C28H16BI12/c30-25(31,32)17-1-9-21(10-2-17)29(22-11-3-18(4-12-22)26(33,34)35,23-13-5-19(6-14-23)27(36,37)38)24-15-7-20(8-16-24)28(39,40)41/h1-16H/q-1. The molecule has 0 aliphatic carbocycles. The van der Waals surface area contributed by atoms with Crippen molar-refractivity contribution in [3.8, 4) is 0 Å². The van der Waals surface area contributed by atoms with E-state index >= 15 is 0 Å². The Kier molecular flexibility index (Phi) is 15.4. The van der Waals surface area contributed by atoms with Crippen LogP contribution in [0.2, 0.25) is 0 Å². The SMILES string of the molecule is IC(I)(I)c1ccc([B-](c2ccc(C(I)(I)I)cc2)(c2ccc(C(I)(I)I)cc2)c2ccc(C(I)(I)I)cc2)cc1. The second kappa shape index (κ2) is 15.9. The van der Waals surface area contributed by atoms with Gasteiger partial charge in [0.05, 0.1) is 0 Å². The molecule has 0 bridgehead atoms. The van der Waals surface area contributed by atoms with Gasteiger partial charge in [0.15, 0.2) is 0 Å². The van der Waals surface area contributed by atoms with E-state index in [0.717, 1.165) is 0 Å². The van der Waals surface area contributed by atoms with Crippen LogP contribution in [0.15, 0.2) is 97.1 Å². The van der Waals surface area contributed by atoms with E-state index < -0.39 is 6.15 Å². The van der Waals surface area contributed by atoms with E-state index in [-0.39, 0.29) is -2.26 Å². The molecule has 0 N–H and O–H groups in total. The Hall–Kier alpha value is 5.70. The highest BCUT2D eigenvalue weighted by Crippen LogP contribution is 2.48. The van der Waals surface area contributed by atoms with Crippen LogP contribution in [-0.2, 0) is -2.26 Å².